The molecular weight excluding hydrogens is 765 g/mol. The van der Waals surface area contributed by atoms with Gasteiger partial charge in [0.05, 0.1) is 33.6 Å². The summed E-state index contributed by atoms with van der Waals surface area (Å²) >= 11 is 0. The Morgan fingerprint density at radius 1 is 0.286 bits per heavy atom. The van der Waals surface area contributed by atoms with Gasteiger partial charge in [-0.2, -0.15) is 0 Å². The van der Waals surface area contributed by atoms with E-state index in [-0.39, 0.29) is 0 Å². The third kappa shape index (κ3) is 6.44. The molecule has 4 heteroatoms. The number of para-hydroxylation sites is 2. The molecular formula is C59H38N4. The number of hydrogen-bond acceptors (Lipinski definition) is 3. The number of fused-ring (bicyclic) bond motifs is 6. The van der Waals surface area contributed by atoms with E-state index >= 15 is 0 Å². The lowest BCUT2D eigenvalue weighted by Gasteiger charge is -2.15. The summed E-state index contributed by atoms with van der Waals surface area (Å²) in [6.45, 7) is 0. The molecule has 0 spiro atoms. The molecule has 9 aromatic carbocycles. The molecule has 12 aromatic rings. The highest BCUT2D eigenvalue weighted by Crippen LogP contribution is 2.41. The summed E-state index contributed by atoms with van der Waals surface area (Å²) in [5, 5.41) is 5.95. The molecule has 0 amide bonds. The molecule has 63 heavy (non-hydrogen) atoms. The summed E-state index contributed by atoms with van der Waals surface area (Å²) in [4.78, 5) is 15.7. The topological polar surface area (TPSA) is 43.6 Å². The molecule has 0 N–H and O–H groups in total. The lowest BCUT2D eigenvalue weighted by molar-refractivity contribution is 1.16. The summed E-state index contributed by atoms with van der Waals surface area (Å²) in [7, 11) is 0. The Hall–Kier alpha value is -8.47. The van der Waals surface area contributed by atoms with Crippen molar-refractivity contribution in [3.8, 4) is 73.1 Å². The highest BCUT2D eigenvalue weighted by Gasteiger charge is 2.18. The number of pyridine rings is 1. The summed E-state index contributed by atoms with van der Waals surface area (Å²) in [5.41, 5.74) is 15.8. The van der Waals surface area contributed by atoms with Crippen LogP contribution < -0.4 is 0 Å². The predicted molar refractivity (Wildman–Crippen MR) is 262 cm³/mol. The minimum atomic E-state index is 0.684. The number of hydrogen-bond donors (Lipinski definition) is 0. The molecule has 12 rings (SSSR count). The van der Waals surface area contributed by atoms with E-state index < -0.39 is 0 Å². The quantitative estimate of drug-likeness (QED) is 0.151. The highest BCUT2D eigenvalue weighted by molar-refractivity contribution is 6.17. The Kier molecular flexibility index (Phi) is 8.79. The molecule has 0 fully saturated rings. The first-order chi connectivity index (χ1) is 31.2. The van der Waals surface area contributed by atoms with Crippen molar-refractivity contribution >= 4 is 43.5 Å². The first kappa shape index (κ1) is 36.4. The van der Waals surface area contributed by atoms with Crippen molar-refractivity contribution in [1.29, 1.82) is 0 Å². The maximum absolute atomic E-state index is 5.25. The third-order valence-electron chi connectivity index (χ3n) is 12.2. The zero-order valence-corrected chi connectivity index (χ0v) is 34.2. The van der Waals surface area contributed by atoms with Gasteiger partial charge in [0.15, 0.2) is 5.82 Å². The minimum absolute atomic E-state index is 0.684. The summed E-state index contributed by atoms with van der Waals surface area (Å²) in [5.74, 6) is 0.684. The van der Waals surface area contributed by atoms with Crippen LogP contribution in [0.3, 0.4) is 0 Å². The Bertz CT molecular complexity index is 3620. The number of aromatic nitrogens is 4. The maximum atomic E-state index is 5.25. The van der Waals surface area contributed by atoms with Crippen molar-refractivity contribution in [3.63, 3.8) is 0 Å². The van der Waals surface area contributed by atoms with Gasteiger partial charge in [0.1, 0.15) is 0 Å². The summed E-state index contributed by atoms with van der Waals surface area (Å²) < 4.78 is 2.35. The van der Waals surface area contributed by atoms with Gasteiger partial charge in [0.25, 0.3) is 0 Å². The van der Waals surface area contributed by atoms with Crippen LogP contribution >= 0.6 is 0 Å². The fraction of sp³-hybridized carbons (Fsp3) is 0. The molecule has 0 radical (unpaired) electrons. The Labute approximate surface area is 365 Å². The first-order valence-corrected chi connectivity index (χ1v) is 21.4. The van der Waals surface area contributed by atoms with Crippen molar-refractivity contribution in [2.75, 3.05) is 0 Å². The van der Waals surface area contributed by atoms with E-state index in [4.69, 9.17) is 15.0 Å². The first-order valence-electron chi connectivity index (χ1n) is 21.4. The van der Waals surface area contributed by atoms with E-state index in [9.17, 15) is 0 Å². The lowest BCUT2D eigenvalue weighted by Crippen LogP contribution is -1.98. The van der Waals surface area contributed by atoms with Crippen LogP contribution in [0.4, 0.5) is 0 Å². The number of benzene rings is 9. The maximum Gasteiger partial charge on any atom is 0.160 e. The SMILES string of the molecule is c1ccc(-c2cc(-c3ccccc3)c3c(ccc4c(-c5cccc(-c6cc(-c7cccc(-n8c9ccccc9c9ccccc98)c7)nc(-c7ccccc7)n6)c5)cccc43)n2)cc1. The fourth-order valence-corrected chi connectivity index (χ4v) is 9.26. The Morgan fingerprint density at radius 2 is 0.810 bits per heavy atom. The number of rotatable bonds is 7. The largest absolute Gasteiger partial charge is 0.309 e. The van der Waals surface area contributed by atoms with E-state index in [1.165, 1.54) is 38.1 Å². The monoisotopic (exact) mass is 802 g/mol. The van der Waals surface area contributed by atoms with Gasteiger partial charge in [-0.3, -0.25) is 0 Å². The molecule has 0 aliphatic heterocycles. The van der Waals surface area contributed by atoms with Crippen LogP contribution in [0.5, 0.6) is 0 Å². The smallest absolute Gasteiger partial charge is 0.160 e. The molecule has 4 nitrogen and oxygen atoms in total. The van der Waals surface area contributed by atoms with E-state index in [1.807, 2.05) is 24.3 Å². The minimum Gasteiger partial charge on any atom is -0.309 e. The van der Waals surface area contributed by atoms with Crippen molar-refractivity contribution in [2.24, 2.45) is 0 Å². The van der Waals surface area contributed by atoms with Crippen LogP contribution in [0.25, 0.3) is 117 Å². The lowest BCUT2D eigenvalue weighted by atomic mass is 9.91. The second kappa shape index (κ2) is 15.2. The molecule has 0 saturated carbocycles. The predicted octanol–water partition coefficient (Wildman–Crippen LogP) is 15.3. The van der Waals surface area contributed by atoms with Gasteiger partial charge >= 0.3 is 0 Å². The molecule has 0 saturated heterocycles. The molecule has 294 valence electrons. The van der Waals surface area contributed by atoms with Crippen LogP contribution in [0.15, 0.2) is 231 Å². The van der Waals surface area contributed by atoms with Gasteiger partial charge in [0.2, 0.25) is 0 Å². The van der Waals surface area contributed by atoms with Crippen LogP contribution in [-0.4, -0.2) is 19.5 Å². The zero-order valence-electron chi connectivity index (χ0n) is 34.2. The van der Waals surface area contributed by atoms with Crippen molar-refractivity contribution in [2.45, 2.75) is 0 Å². The van der Waals surface area contributed by atoms with Crippen molar-refractivity contribution < 1.29 is 0 Å². The highest BCUT2D eigenvalue weighted by atomic mass is 15.0. The molecule has 0 bridgehead atoms. The van der Waals surface area contributed by atoms with Gasteiger partial charge < -0.3 is 4.57 Å². The summed E-state index contributed by atoms with van der Waals surface area (Å²) in [6.07, 6.45) is 0. The second-order valence-electron chi connectivity index (χ2n) is 16.0. The second-order valence-corrected chi connectivity index (χ2v) is 16.0. The van der Waals surface area contributed by atoms with Gasteiger partial charge in [0, 0.05) is 44.1 Å². The zero-order chi connectivity index (χ0) is 41.7. The Balaban J connectivity index is 1.00. The fourth-order valence-electron chi connectivity index (χ4n) is 9.26. The Morgan fingerprint density at radius 3 is 1.51 bits per heavy atom. The van der Waals surface area contributed by atoms with Crippen LogP contribution in [0.1, 0.15) is 0 Å². The van der Waals surface area contributed by atoms with Crippen LogP contribution in [0, 0.1) is 0 Å². The van der Waals surface area contributed by atoms with Crippen molar-refractivity contribution in [3.05, 3.63) is 231 Å². The average Bonchev–Trinajstić information content (AvgIpc) is 3.71. The molecule has 3 heterocycles. The van der Waals surface area contributed by atoms with Crippen LogP contribution in [0.2, 0.25) is 0 Å². The van der Waals surface area contributed by atoms with Gasteiger partial charge in [-0.05, 0) is 81.6 Å². The van der Waals surface area contributed by atoms with E-state index in [0.29, 0.717) is 5.82 Å². The summed E-state index contributed by atoms with van der Waals surface area (Å²) in [6, 6.07) is 81.5. The molecule has 0 aliphatic rings. The standard InChI is InChI=1S/C59H38N4/c1-4-17-39(18-5-1)51-37-53(40-19-6-2-7-20-40)60-52-34-33-47-46(29-16-30-50(47)58(51)52)42-23-14-24-43(35-42)54-38-55(62-59(61-54)41-21-8-3-9-22-41)44-25-15-26-45(36-44)63-56-31-12-10-27-48(56)49-28-11-13-32-57(49)63/h1-38H. The third-order valence-corrected chi connectivity index (χ3v) is 12.2. The van der Waals surface area contributed by atoms with Crippen LogP contribution in [-0.2, 0) is 0 Å². The molecule has 3 aromatic heterocycles. The van der Waals surface area contributed by atoms with Crippen molar-refractivity contribution in [1.82, 2.24) is 19.5 Å². The van der Waals surface area contributed by atoms with Gasteiger partial charge in [-0.25, -0.2) is 15.0 Å². The normalized spacial score (nSPS) is 11.5. The average molecular weight is 803 g/mol. The van der Waals surface area contributed by atoms with E-state index in [1.54, 1.807) is 0 Å². The number of nitrogens with zero attached hydrogens (tertiary/aromatic N) is 4. The molecule has 0 atom stereocenters. The van der Waals surface area contributed by atoms with Gasteiger partial charge in [-0.15, -0.1) is 0 Å². The molecule has 0 aliphatic carbocycles. The molecule has 0 unspecified atom stereocenters. The van der Waals surface area contributed by atoms with E-state index in [0.717, 1.165) is 72.6 Å². The van der Waals surface area contributed by atoms with E-state index in [2.05, 4.69) is 211 Å². The van der Waals surface area contributed by atoms with Gasteiger partial charge in [-0.1, -0.05) is 182 Å².